The first-order valence-electron chi connectivity index (χ1n) is 9.52. The summed E-state index contributed by atoms with van der Waals surface area (Å²) in [7, 11) is 0.202. The fourth-order valence-electron chi connectivity index (χ4n) is 3.11. The van der Waals surface area contributed by atoms with Crippen LogP contribution in [0.15, 0.2) is 23.4 Å². The standard InChI is InChI=1S/C19H29N3O4Si/c1-25-19(24)16(11-14-5-6-14)22-8-7-15-17(18(22)23)21(12-20-15)13-26-9-10-27(2,3)4/h7-8,12,14,16H,5-6,9-11,13H2,1-4H3. The number of pyridine rings is 1. The Morgan fingerprint density at radius 2 is 2.11 bits per heavy atom. The average molecular weight is 392 g/mol. The van der Waals surface area contributed by atoms with Crippen molar-refractivity contribution in [3.8, 4) is 0 Å². The molecule has 0 bridgehead atoms. The summed E-state index contributed by atoms with van der Waals surface area (Å²) < 4.78 is 13.9. The number of carbonyl (C=O) groups excluding carboxylic acids is 1. The molecule has 0 amide bonds. The zero-order valence-electron chi connectivity index (χ0n) is 16.6. The first-order chi connectivity index (χ1) is 12.8. The maximum absolute atomic E-state index is 13.1. The largest absolute Gasteiger partial charge is 0.467 e. The van der Waals surface area contributed by atoms with Crippen LogP contribution in [-0.4, -0.2) is 41.9 Å². The quantitative estimate of drug-likeness (QED) is 0.373. The Hall–Kier alpha value is -1.93. The molecule has 0 radical (unpaired) electrons. The van der Waals surface area contributed by atoms with E-state index in [9.17, 15) is 9.59 Å². The minimum absolute atomic E-state index is 0.227. The number of carbonyl (C=O) groups is 1. The summed E-state index contributed by atoms with van der Waals surface area (Å²) in [6.45, 7) is 7.85. The van der Waals surface area contributed by atoms with Gasteiger partial charge in [0, 0.05) is 20.9 Å². The van der Waals surface area contributed by atoms with Crippen molar-refractivity contribution in [2.24, 2.45) is 5.92 Å². The summed E-state index contributed by atoms with van der Waals surface area (Å²) in [5.41, 5.74) is 0.852. The number of rotatable bonds is 9. The first kappa shape index (κ1) is 19.8. The highest BCUT2D eigenvalue weighted by Crippen LogP contribution is 2.37. The molecule has 1 unspecified atom stereocenters. The molecule has 0 N–H and O–H groups in total. The third kappa shape index (κ3) is 4.87. The van der Waals surface area contributed by atoms with E-state index in [0.29, 0.717) is 30.0 Å². The van der Waals surface area contributed by atoms with Crippen LogP contribution in [0.5, 0.6) is 0 Å². The summed E-state index contributed by atoms with van der Waals surface area (Å²) in [4.78, 5) is 29.7. The molecule has 0 spiro atoms. The summed E-state index contributed by atoms with van der Waals surface area (Å²) in [5, 5.41) is 0. The van der Waals surface area contributed by atoms with Crippen molar-refractivity contribution in [3.05, 3.63) is 28.9 Å². The minimum atomic E-state index is -1.16. The van der Waals surface area contributed by atoms with E-state index in [-0.39, 0.29) is 18.3 Å². The molecule has 1 aliphatic rings. The number of methoxy groups -OCH3 is 1. The van der Waals surface area contributed by atoms with Gasteiger partial charge in [0.1, 0.15) is 18.3 Å². The van der Waals surface area contributed by atoms with Gasteiger partial charge in [-0.3, -0.25) is 9.36 Å². The lowest BCUT2D eigenvalue weighted by atomic mass is 10.1. The Labute approximate surface area is 160 Å². The second-order valence-electron chi connectivity index (χ2n) is 8.54. The van der Waals surface area contributed by atoms with Crippen LogP contribution in [0.3, 0.4) is 0 Å². The molecule has 2 aromatic heterocycles. The molecular formula is C19H29N3O4Si. The molecule has 0 aromatic carbocycles. The summed E-state index contributed by atoms with van der Waals surface area (Å²) in [5.74, 6) is 0.118. The normalized spacial score (nSPS) is 15.9. The maximum Gasteiger partial charge on any atom is 0.328 e. The number of esters is 1. The first-order valence-corrected chi connectivity index (χ1v) is 13.2. The molecule has 7 nitrogen and oxygen atoms in total. The number of ether oxygens (including phenoxy) is 2. The van der Waals surface area contributed by atoms with Gasteiger partial charge in [0.05, 0.1) is 19.0 Å². The van der Waals surface area contributed by atoms with Gasteiger partial charge in [-0.2, -0.15) is 0 Å². The number of hydrogen-bond acceptors (Lipinski definition) is 5. The van der Waals surface area contributed by atoms with Crippen LogP contribution < -0.4 is 5.56 Å². The lowest BCUT2D eigenvalue weighted by molar-refractivity contribution is -0.145. The van der Waals surface area contributed by atoms with E-state index >= 15 is 0 Å². The molecule has 2 heterocycles. The van der Waals surface area contributed by atoms with Crippen molar-refractivity contribution < 1.29 is 14.3 Å². The predicted molar refractivity (Wildman–Crippen MR) is 106 cm³/mol. The van der Waals surface area contributed by atoms with Gasteiger partial charge in [0.2, 0.25) is 0 Å². The van der Waals surface area contributed by atoms with Crippen LogP contribution in [0.4, 0.5) is 0 Å². The smallest absolute Gasteiger partial charge is 0.328 e. The Morgan fingerprint density at radius 1 is 1.37 bits per heavy atom. The third-order valence-corrected chi connectivity index (χ3v) is 6.69. The van der Waals surface area contributed by atoms with Crippen LogP contribution >= 0.6 is 0 Å². The van der Waals surface area contributed by atoms with Crippen molar-refractivity contribution >= 4 is 25.1 Å². The second kappa shape index (κ2) is 7.98. The fourth-order valence-corrected chi connectivity index (χ4v) is 3.86. The molecule has 0 aliphatic heterocycles. The van der Waals surface area contributed by atoms with Crippen LogP contribution in [-0.2, 0) is 21.0 Å². The Morgan fingerprint density at radius 3 is 2.74 bits per heavy atom. The van der Waals surface area contributed by atoms with Gasteiger partial charge in [0.25, 0.3) is 5.56 Å². The number of imidazole rings is 1. The lowest BCUT2D eigenvalue weighted by Crippen LogP contribution is -2.31. The summed E-state index contributed by atoms with van der Waals surface area (Å²) in [6.07, 6.45) is 6.12. The van der Waals surface area contributed by atoms with Crippen molar-refractivity contribution in [1.29, 1.82) is 0 Å². The van der Waals surface area contributed by atoms with Crippen LogP contribution in [0.1, 0.15) is 25.3 Å². The van der Waals surface area contributed by atoms with Gasteiger partial charge in [-0.1, -0.05) is 32.5 Å². The molecule has 27 heavy (non-hydrogen) atoms. The molecule has 1 atom stereocenters. The zero-order chi connectivity index (χ0) is 19.6. The highest BCUT2D eigenvalue weighted by molar-refractivity contribution is 6.76. The van der Waals surface area contributed by atoms with Crippen LogP contribution in [0.25, 0.3) is 11.0 Å². The Kier molecular flexibility index (Phi) is 5.85. The molecule has 3 rings (SSSR count). The second-order valence-corrected chi connectivity index (χ2v) is 14.2. The predicted octanol–water partition coefficient (Wildman–Crippen LogP) is 3.02. The number of nitrogens with zero attached hydrogens (tertiary/aromatic N) is 3. The zero-order valence-corrected chi connectivity index (χ0v) is 17.6. The van der Waals surface area contributed by atoms with Crippen LogP contribution in [0, 0.1) is 5.92 Å². The van der Waals surface area contributed by atoms with Crippen molar-refractivity contribution in [1.82, 2.24) is 14.1 Å². The van der Waals surface area contributed by atoms with Gasteiger partial charge in [-0.05, 0) is 24.4 Å². The third-order valence-electron chi connectivity index (χ3n) is 4.99. The summed E-state index contributed by atoms with van der Waals surface area (Å²) in [6, 6.07) is 2.25. The van der Waals surface area contributed by atoms with E-state index in [2.05, 4.69) is 24.6 Å². The molecular weight excluding hydrogens is 362 g/mol. The Balaban J connectivity index is 1.84. The molecule has 1 aliphatic carbocycles. The molecule has 1 fully saturated rings. The highest BCUT2D eigenvalue weighted by Gasteiger charge is 2.32. The van der Waals surface area contributed by atoms with Gasteiger partial charge >= 0.3 is 5.97 Å². The van der Waals surface area contributed by atoms with Crippen molar-refractivity contribution in [2.45, 2.75) is 57.7 Å². The van der Waals surface area contributed by atoms with E-state index in [0.717, 1.165) is 18.9 Å². The van der Waals surface area contributed by atoms with E-state index < -0.39 is 14.1 Å². The molecule has 1 saturated carbocycles. The van der Waals surface area contributed by atoms with Crippen molar-refractivity contribution in [3.63, 3.8) is 0 Å². The van der Waals surface area contributed by atoms with E-state index in [1.807, 2.05) is 0 Å². The molecule has 148 valence electrons. The fraction of sp³-hybridized carbons (Fsp3) is 0.632. The topological polar surface area (TPSA) is 75.3 Å². The molecule has 0 saturated heterocycles. The minimum Gasteiger partial charge on any atom is -0.467 e. The molecule has 8 heteroatoms. The van der Waals surface area contributed by atoms with Gasteiger partial charge in [0.15, 0.2) is 0 Å². The SMILES string of the molecule is COC(=O)C(CC1CC1)n1ccc2ncn(COCC[Si](C)(C)C)c2c1=O. The van der Waals surface area contributed by atoms with E-state index in [4.69, 9.17) is 9.47 Å². The Bertz CT molecular complexity index is 864. The number of fused-ring (bicyclic) bond motifs is 1. The average Bonchev–Trinajstić information content (AvgIpc) is 3.34. The van der Waals surface area contributed by atoms with Gasteiger partial charge < -0.3 is 14.0 Å². The van der Waals surface area contributed by atoms with Crippen LogP contribution in [0.2, 0.25) is 25.7 Å². The number of hydrogen-bond donors (Lipinski definition) is 0. The van der Waals surface area contributed by atoms with E-state index in [1.54, 1.807) is 23.2 Å². The lowest BCUT2D eigenvalue weighted by Gasteiger charge is -2.18. The summed E-state index contributed by atoms with van der Waals surface area (Å²) >= 11 is 0. The van der Waals surface area contributed by atoms with Crippen molar-refractivity contribution in [2.75, 3.05) is 13.7 Å². The number of aromatic nitrogens is 3. The van der Waals surface area contributed by atoms with Gasteiger partial charge in [-0.15, -0.1) is 0 Å². The maximum atomic E-state index is 13.1. The highest BCUT2D eigenvalue weighted by atomic mass is 28.3. The van der Waals surface area contributed by atoms with Gasteiger partial charge in [-0.25, -0.2) is 9.78 Å². The monoisotopic (exact) mass is 391 g/mol. The molecule has 2 aromatic rings. The van der Waals surface area contributed by atoms with E-state index in [1.165, 1.54) is 11.7 Å².